The van der Waals surface area contributed by atoms with E-state index < -0.39 is 42.3 Å². The van der Waals surface area contributed by atoms with Gasteiger partial charge in [-0.05, 0) is 66.3 Å². The van der Waals surface area contributed by atoms with Crippen molar-refractivity contribution in [1.29, 1.82) is 0 Å². The smallest absolute Gasteiger partial charge is 0.340 e. The maximum absolute atomic E-state index is 13.7. The number of carbonyl (C=O) groups excluding carboxylic acids is 2. The number of urea groups is 1. The van der Waals surface area contributed by atoms with Crippen LogP contribution in [0.3, 0.4) is 0 Å². The third kappa shape index (κ3) is 7.62. The van der Waals surface area contributed by atoms with E-state index in [1.54, 1.807) is 12.1 Å². The van der Waals surface area contributed by atoms with E-state index in [0.29, 0.717) is 23.2 Å². The van der Waals surface area contributed by atoms with Gasteiger partial charge in [-0.3, -0.25) is 9.69 Å². The van der Waals surface area contributed by atoms with Crippen molar-refractivity contribution in [1.82, 2.24) is 5.32 Å². The van der Waals surface area contributed by atoms with Crippen LogP contribution in [0.1, 0.15) is 59.5 Å². The zero-order chi connectivity index (χ0) is 28.6. The summed E-state index contributed by atoms with van der Waals surface area (Å²) in [6.45, 7) is -0.596. The first-order valence-electron chi connectivity index (χ1n) is 13.1. The first-order valence-corrected chi connectivity index (χ1v) is 13.1. The molecule has 1 atom stereocenters. The minimum Gasteiger partial charge on any atom is -0.479 e. The Morgan fingerprint density at radius 1 is 0.900 bits per heavy atom. The van der Waals surface area contributed by atoms with Crippen molar-refractivity contribution in [2.24, 2.45) is 0 Å². The third-order valence-electron chi connectivity index (χ3n) is 6.91. The number of alkyl halides is 1. The summed E-state index contributed by atoms with van der Waals surface area (Å²) in [6.07, 6.45) is 3.64. The fourth-order valence-electron chi connectivity index (χ4n) is 4.78. The summed E-state index contributed by atoms with van der Waals surface area (Å²) < 4.78 is 40.7. The second kappa shape index (κ2) is 13.1. The van der Waals surface area contributed by atoms with Gasteiger partial charge in [-0.25, -0.2) is 22.8 Å². The summed E-state index contributed by atoms with van der Waals surface area (Å²) in [6, 6.07) is 16.0. The highest BCUT2D eigenvalue weighted by molar-refractivity contribution is 6.01. The van der Waals surface area contributed by atoms with Crippen molar-refractivity contribution in [3.05, 3.63) is 95.1 Å². The molecule has 3 amide bonds. The molecule has 0 aliphatic heterocycles. The third-order valence-corrected chi connectivity index (χ3v) is 6.91. The summed E-state index contributed by atoms with van der Waals surface area (Å²) in [5, 5.41) is 13.4. The van der Waals surface area contributed by atoms with Crippen LogP contribution in [0.4, 0.5) is 29.3 Å². The molecule has 3 aromatic carbocycles. The Bertz CT molecular complexity index is 1320. The highest BCUT2D eigenvalue weighted by Gasteiger charge is 2.21. The number of nitrogens with zero attached hydrogens (tertiary/aromatic N) is 1. The SMILES string of the molecule is O=C(NCC(F)C(=O)O)c1ccc(CN(C(=O)Nc2cc(F)cc(F)c2)c2ccc(C3CCCCC3)cc2)cc1. The molecule has 3 N–H and O–H groups in total. The molecule has 3 aromatic rings. The molecule has 1 aliphatic carbocycles. The van der Waals surface area contributed by atoms with Crippen LogP contribution >= 0.6 is 0 Å². The highest BCUT2D eigenvalue weighted by atomic mass is 19.1. The number of carbonyl (C=O) groups is 3. The van der Waals surface area contributed by atoms with Crippen LogP contribution in [0, 0.1) is 11.6 Å². The molecule has 1 saturated carbocycles. The standard InChI is InChI=1S/C30H30F3N3O4/c31-23-14-24(32)16-25(15-23)35-30(40)36(26-12-10-21(11-13-26)20-4-2-1-3-5-20)18-19-6-8-22(9-7-19)28(37)34-17-27(33)29(38)39/h6-16,20,27H,1-5,17-18H2,(H,34,37)(H,35,40)(H,38,39). The van der Waals surface area contributed by atoms with Gasteiger partial charge in [0.15, 0.2) is 0 Å². The van der Waals surface area contributed by atoms with Crippen LogP contribution in [0.25, 0.3) is 0 Å². The van der Waals surface area contributed by atoms with Gasteiger partial charge in [0.1, 0.15) is 11.6 Å². The molecule has 0 spiro atoms. The fourth-order valence-corrected chi connectivity index (χ4v) is 4.78. The van der Waals surface area contributed by atoms with Crippen molar-refractivity contribution in [3.63, 3.8) is 0 Å². The summed E-state index contributed by atoms with van der Waals surface area (Å²) in [4.78, 5) is 37.6. The molecule has 1 aliphatic rings. The molecule has 1 fully saturated rings. The van der Waals surface area contributed by atoms with E-state index in [2.05, 4.69) is 10.6 Å². The van der Waals surface area contributed by atoms with Crippen LogP contribution in [0.15, 0.2) is 66.7 Å². The summed E-state index contributed by atoms with van der Waals surface area (Å²) in [5.74, 6) is -3.48. The van der Waals surface area contributed by atoms with Crippen molar-refractivity contribution in [2.45, 2.75) is 50.7 Å². The maximum atomic E-state index is 13.7. The Balaban J connectivity index is 1.52. The van der Waals surface area contributed by atoms with Crippen molar-refractivity contribution >= 4 is 29.3 Å². The Morgan fingerprint density at radius 3 is 2.12 bits per heavy atom. The monoisotopic (exact) mass is 553 g/mol. The quantitative estimate of drug-likeness (QED) is 0.285. The van der Waals surface area contributed by atoms with Crippen LogP contribution < -0.4 is 15.5 Å². The van der Waals surface area contributed by atoms with E-state index in [1.165, 1.54) is 41.9 Å². The molecule has 1 unspecified atom stereocenters. The second-order valence-corrected chi connectivity index (χ2v) is 9.81. The normalized spacial score (nSPS) is 14.3. The van der Waals surface area contributed by atoms with Gasteiger partial charge in [0.05, 0.1) is 13.1 Å². The van der Waals surface area contributed by atoms with Gasteiger partial charge in [0.2, 0.25) is 6.17 Å². The van der Waals surface area contributed by atoms with Crippen LogP contribution in [-0.2, 0) is 11.3 Å². The number of halogens is 3. The molecule has 0 heterocycles. The van der Waals surface area contributed by atoms with Gasteiger partial charge < -0.3 is 15.7 Å². The predicted molar refractivity (Wildman–Crippen MR) is 145 cm³/mol. The molecule has 40 heavy (non-hydrogen) atoms. The minimum atomic E-state index is -2.22. The molecule has 10 heteroatoms. The topological polar surface area (TPSA) is 98.7 Å². The summed E-state index contributed by atoms with van der Waals surface area (Å²) in [7, 11) is 0. The predicted octanol–water partition coefficient (Wildman–Crippen LogP) is 6.40. The number of anilines is 2. The van der Waals surface area contributed by atoms with Gasteiger partial charge in [-0.15, -0.1) is 0 Å². The number of aliphatic carboxylic acids is 1. The zero-order valence-electron chi connectivity index (χ0n) is 21.7. The Kier molecular flexibility index (Phi) is 9.42. The number of nitrogens with one attached hydrogen (secondary N) is 2. The number of hydrogen-bond donors (Lipinski definition) is 3. The van der Waals surface area contributed by atoms with E-state index >= 15 is 0 Å². The first-order chi connectivity index (χ1) is 19.2. The second-order valence-electron chi connectivity index (χ2n) is 9.81. The number of benzene rings is 3. The zero-order valence-corrected chi connectivity index (χ0v) is 21.7. The van der Waals surface area contributed by atoms with E-state index in [0.717, 1.165) is 25.0 Å². The lowest BCUT2D eigenvalue weighted by molar-refractivity contribution is -0.142. The van der Waals surface area contributed by atoms with E-state index in [-0.39, 0.29) is 17.8 Å². The number of carboxylic acid groups (broad SMARTS) is 1. The van der Waals surface area contributed by atoms with Gasteiger partial charge in [-0.1, -0.05) is 43.5 Å². The number of hydrogen-bond acceptors (Lipinski definition) is 3. The molecule has 0 bridgehead atoms. The lowest BCUT2D eigenvalue weighted by atomic mass is 9.84. The number of carboxylic acids is 1. The van der Waals surface area contributed by atoms with Crippen molar-refractivity contribution in [3.8, 4) is 0 Å². The van der Waals surface area contributed by atoms with Crippen LogP contribution in [0.2, 0.25) is 0 Å². The van der Waals surface area contributed by atoms with Gasteiger partial charge in [0, 0.05) is 23.0 Å². The largest absolute Gasteiger partial charge is 0.479 e. The molecule has 0 saturated heterocycles. The van der Waals surface area contributed by atoms with E-state index in [4.69, 9.17) is 5.11 Å². The summed E-state index contributed by atoms with van der Waals surface area (Å²) in [5.41, 5.74) is 2.56. The van der Waals surface area contributed by atoms with Crippen molar-refractivity contribution < 1.29 is 32.7 Å². The van der Waals surface area contributed by atoms with Gasteiger partial charge in [0.25, 0.3) is 5.91 Å². The molecule has 4 rings (SSSR count). The molecule has 0 radical (unpaired) electrons. The lowest BCUT2D eigenvalue weighted by Gasteiger charge is -2.26. The van der Waals surface area contributed by atoms with Crippen molar-refractivity contribution in [2.75, 3.05) is 16.8 Å². The Hall–Kier alpha value is -4.34. The van der Waals surface area contributed by atoms with E-state index in [1.807, 2.05) is 24.3 Å². The lowest BCUT2D eigenvalue weighted by Crippen LogP contribution is -2.35. The van der Waals surface area contributed by atoms with Crippen LogP contribution in [-0.4, -0.2) is 35.7 Å². The molecule has 210 valence electrons. The summed E-state index contributed by atoms with van der Waals surface area (Å²) >= 11 is 0. The van der Waals surface area contributed by atoms with Gasteiger partial charge >= 0.3 is 12.0 Å². The number of rotatable bonds is 9. The molecular weight excluding hydrogens is 523 g/mol. The Morgan fingerprint density at radius 2 is 1.52 bits per heavy atom. The van der Waals surface area contributed by atoms with E-state index in [9.17, 15) is 27.6 Å². The van der Waals surface area contributed by atoms with Gasteiger partial charge in [-0.2, -0.15) is 0 Å². The average molecular weight is 554 g/mol. The molecule has 0 aromatic heterocycles. The highest BCUT2D eigenvalue weighted by Crippen LogP contribution is 2.33. The molecular formula is C30H30F3N3O4. The minimum absolute atomic E-state index is 0.0362. The number of amides is 3. The average Bonchev–Trinajstić information content (AvgIpc) is 2.94. The Labute approximate surface area is 230 Å². The first kappa shape index (κ1) is 28.7. The fraction of sp³-hybridized carbons (Fsp3) is 0.300. The maximum Gasteiger partial charge on any atom is 0.340 e. The van der Waals surface area contributed by atoms with Crippen LogP contribution in [0.5, 0.6) is 0 Å². The molecule has 7 nitrogen and oxygen atoms in total.